The van der Waals surface area contributed by atoms with Crippen LogP contribution in [0.15, 0.2) is 54.9 Å². The molecule has 2 atom stereocenters. The van der Waals surface area contributed by atoms with E-state index in [0.29, 0.717) is 19.0 Å². The molecular formula is C21H25N3O. The van der Waals surface area contributed by atoms with Crippen molar-refractivity contribution in [3.05, 3.63) is 66.0 Å². The van der Waals surface area contributed by atoms with Crippen LogP contribution < -0.4 is 5.32 Å². The van der Waals surface area contributed by atoms with Crippen LogP contribution in [0.3, 0.4) is 0 Å². The van der Waals surface area contributed by atoms with E-state index in [-0.39, 0.29) is 11.4 Å². The molecule has 1 amide bonds. The standard InChI is InChI=1S/C21H25N3O/c25-20(23-14-17-7-6-12-22-13-17)16-24-15-19-10-4-5-11-21(19,24)18-8-2-1-3-9-18/h1-3,6-9,12-13,19H,4-5,10-11,14-16H2,(H,23,25)/t19-,21+/m0/s1. The zero-order valence-electron chi connectivity index (χ0n) is 14.5. The number of nitrogens with zero attached hydrogens (tertiary/aromatic N) is 2. The fourth-order valence-electron chi connectivity index (χ4n) is 4.63. The molecule has 4 nitrogen and oxygen atoms in total. The van der Waals surface area contributed by atoms with E-state index in [1.54, 1.807) is 12.4 Å². The molecule has 2 heterocycles. The van der Waals surface area contributed by atoms with Gasteiger partial charge in [0.15, 0.2) is 0 Å². The molecule has 0 bridgehead atoms. The Morgan fingerprint density at radius 3 is 2.84 bits per heavy atom. The van der Waals surface area contributed by atoms with E-state index < -0.39 is 0 Å². The Kier molecular flexibility index (Phi) is 4.53. The number of amides is 1. The van der Waals surface area contributed by atoms with Gasteiger partial charge >= 0.3 is 0 Å². The van der Waals surface area contributed by atoms with Gasteiger partial charge in [-0.3, -0.25) is 14.7 Å². The van der Waals surface area contributed by atoms with Gasteiger partial charge in [0.2, 0.25) is 5.91 Å². The Balaban J connectivity index is 1.44. The number of fused-ring (bicyclic) bond motifs is 1. The van der Waals surface area contributed by atoms with Crippen LogP contribution in [-0.2, 0) is 16.9 Å². The topological polar surface area (TPSA) is 45.2 Å². The molecule has 1 saturated carbocycles. The molecule has 1 N–H and O–H groups in total. The van der Waals surface area contributed by atoms with Crippen molar-refractivity contribution in [1.29, 1.82) is 0 Å². The molecule has 2 aromatic rings. The summed E-state index contributed by atoms with van der Waals surface area (Å²) in [6.07, 6.45) is 8.56. The molecule has 1 aliphatic carbocycles. The van der Waals surface area contributed by atoms with Crippen LogP contribution in [-0.4, -0.2) is 28.9 Å². The molecule has 4 heteroatoms. The van der Waals surface area contributed by atoms with E-state index in [0.717, 1.165) is 18.5 Å². The predicted molar refractivity (Wildman–Crippen MR) is 97.7 cm³/mol. The predicted octanol–water partition coefficient (Wildman–Crippen LogP) is 3.10. The van der Waals surface area contributed by atoms with Gasteiger partial charge in [-0.05, 0) is 36.0 Å². The number of carbonyl (C=O) groups excluding carboxylic acids is 1. The first-order valence-electron chi connectivity index (χ1n) is 9.25. The Hall–Kier alpha value is -2.20. The monoisotopic (exact) mass is 335 g/mol. The highest BCUT2D eigenvalue weighted by Crippen LogP contribution is 2.53. The van der Waals surface area contributed by atoms with Crippen molar-refractivity contribution in [3.8, 4) is 0 Å². The van der Waals surface area contributed by atoms with E-state index in [1.807, 2.05) is 12.1 Å². The van der Waals surface area contributed by atoms with Gasteiger partial charge in [0.05, 0.1) is 12.1 Å². The second-order valence-electron chi connectivity index (χ2n) is 7.25. The van der Waals surface area contributed by atoms with Crippen molar-refractivity contribution in [1.82, 2.24) is 15.2 Å². The molecule has 130 valence electrons. The lowest BCUT2D eigenvalue weighted by Gasteiger charge is -2.61. The fraction of sp³-hybridized carbons (Fsp3) is 0.429. The summed E-state index contributed by atoms with van der Waals surface area (Å²) in [4.78, 5) is 19.0. The van der Waals surface area contributed by atoms with Crippen LogP contribution in [0.25, 0.3) is 0 Å². The molecule has 1 saturated heterocycles. The number of carbonyl (C=O) groups is 1. The number of aromatic nitrogens is 1. The average molecular weight is 335 g/mol. The molecule has 0 unspecified atom stereocenters. The van der Waals surface area contributed by atoms with Crippen molar-refractivity contribution in [3.63, 3.8) is 0 Å². The molecule has 0 radical (unpaired) electrons. The number of rotatable bonds is 5. The first-order chi connectivity index (χ1) is 12.3. The summed E-state index contributed by atoms with van der Waals surface area (Å²) < 4.78 is 0. The largest absolute Gasteiger partial charge is 0.351 e. The summed E-state index contributed by atoms with van der Waals surface area (Å²) >= 11 is 0. The second kappa shape index (κ2) is 6.96. The molecule has 1 aromatic heterocycles. The summed E-state index contributed by atoms with van der Waals surface area (Å²) in [6.45, 7) is 2.06. The Labute approximate surface area is 149 Å². The third-order valence-electron chi connectivity index (χ3n) is 5.86. The number of hydrogen-bond acceptors (Lipinski definition) is 3. The Morgan fingerprint density at radius 2 is 2.08 bits per heavy atom. The van der Waals surface area contributed by atoms with E-state index in [4.69, 9.17) is 0 Å². The third-order valence-corrected chi connectivity index (χ3v) is 5.86. The number of pyridine rings is 1. The number of benzene rings is 1. The smallest absolute Gasteiger partial charge is 0.234 e. The lowest BCUT2D eigenvalue weighted by atomic mass is 9.62. The Bertz CT molecular complexity index is 718. The minimum atomic E-state index is 0.0746. The quantitative estimate of drug-likeness (QED) is 0.913. The summed E-state index contributed by atoms with van der Waals surface area (Å²) in [6, 6.07) is 14.7. The normalized spacial score (nSPS) is 25.7. The molecular weight excluding hydrogens is 310 g/mol. The van der Waals surface area contributed by atoms with Crippen LogP contribution in [0.2, 0.25) is 0 Å². The lowest BCUT2D eigenvalue weighted by Crippen LogP contribution is -2.67. The van der Waals surface area contributed by atoms with Crippen molar-refractivity contribution in [2.75, 3.05) is 13.1 Å². The zero-order chi connectivity index (χ0) is 17.1. The third kappa shape index (κ3) is 3.07. The minimum Gasteiger partial charge on any atom is -0.351 e. The summed E-state index contributed by atoms with van der Waals surface area (Å²) in [7, 11) is 0. The van der Waals surface area contributed by atoms with Crippen LogP contribution in [0.4, 0.5) is 0 Å². The first-order valence-corrected chi connectivity index (χ1v) is 9.25. The highest BCUT2D eigenvalue weighted by molar-refractivity contribution is 5.78. The highest BCUT2D eigenvalue weighted by atomic mass is 16.2. The summed E-state index contributed by atoms with van der Waals surface area (Å²) in [5, 5.41) is 3.04. The van der Waals surface area contributed by atoms with Crippen LogP contribution in [0.5, 0.6) is 0 Å². The van der Waals surface area contributed by atoms with Gasteiger partial charge < -0.3 is 5.32 Å². The van der Waals surface area contributed by atoms with Crippen molar-refractivity contribution < 1.29 is 4.79 Å². The van der Waals surface area contributed by atoms with Gasteiger partial charge in [-0.15, -0.1) is 0 Å². The van der Waals surface area contributed by atoms with Crippen molar-refractivity contribution >= 4 is 5.91 Å². The van der Waals surface area contributed by atoms with E-state index in [2.05, 4.69) is 45.5 Å². The lowest BCUT2D eigenvalue weighted by molar-refractivity contribution is -0.142. The van der Waals surface area contributed by atoms with Crippen LogP contribution >= 0.6 is 0 Å². The van der Waals surface area contributed by atoms with Crippen LogP contribution in [0, 0.1) is 5.92 Å². The maximum Gasteiger partial charge on any atom is 0.234 e. The second-order valence-corrected chi connectivity index (χ2v) is 7.25. The number of nitrogens with one attached hydrogen (secondary N) is 1. The summed E-state index contributed by atoms with van der Waals surface area (Å²) in [5.74, 6) is 0.790. The number of likely N-dealkylation sites (tertiary alicyclic amines) is 1. The highest BCUT2D eigenvalue weighted by Gasteiger charge is 2.55. The van der Waals surface area contributed by atoms with Gasteiger partial charge in [-0.25, -0.2) is 0 Å². The average Bonchev–Trinajstić information content (AvgIpc) is 2.66. The molecule has 1 aromatic carbocycles. The molecule has 1 aliphatic heterocycles. The van der Waals surface area contributed by atoms with E-state index in [9.17, 15) is 4.79 Å². The van der Waals surface area contributed by atoms with E-state index in [1.165, 1.54) is 24.8 Å². The zero-order valence-corrected chi connectivity index (χ0v) is 14.5. The van der Waals surface area contributed by atoms with Crippen LogP contribution in [0.1, 0.15) is 36.8 Å². The maximum absolute atomic E-state index is 12.5. The minimum absolute atomic E-state index is 0.0746. The van der Waals surface area contributed by atoms with Crippen molar-refractivity contribution in [2.45, 2.75) is 37.8 Å². The number of hydrogen-bond donors (Lipinski definition) is 1. The maximum atomic E-state index is 12.5. The SMILES string of the molecule is O=C(CN1C[C@@H]2CCCC[C@@]21c1ccccc1)NCc1cccnc1. The Morgan fingerprint density at radius 1 is 1.20 bits per heavy atom. The molecule has 4 rings (SSSR count). The van der Waals surface area contributed by atoms with E-state index >= 15 is 0 Å². The summed E-state index contributed by atoms with van der Waals surface area (Å²) in [5.41, 5.74) is 2.49. The molecule has 2 fully saturated rings. The molecule has 25 heavy (non-hydrogen) atoms. The molecule has 0 spiro atoms. The van der Waals surface area contributed by atoms with Gasteiger partial charge in [-0.1, -0.05) is 49.2 Å². The van der Waals surface area contributed by atoms with Gasteiger partial charge in [0, 0.05) is 25.5 Å². The fourth-order valence-corrected chi connectivity index (χ4v) is 4.63. The molecule has 2 aliphatic rings. The van der Waals surface area contributed by atoms with Gasteiger partial charge in [0.1, 0.15) is 0 Å². The first kappa shape index (κ1) is 16.3. The van der Waals surface area contributed by atoms with Gasteiger partial charge in [-0.2, -0.15) is 0 Å². The van der Waals surface area contributed by atoms with Gasteiger partial charge in [0.25, 0.3) is 0 Å². The van der Waals surface area contributed by atoms with Crippen molar-refractivity contribution in [2.24, 2.45) is 5.92 Å².